The molecule has 19 heavy (non-hydrogen) atoms. The molecule has 1 aliphatic carbocycles. The predicted octanol–water partition coefficient (Wildman–Crippen LogP) is 5.34. The van der Waals surface area contributed by atoms with Crippen molar-refractivity contribution in [3.05, 3.63) is 47.8 Å². The second-order valence-electron chi connectivity index (χ2n) is 5.38. The molecule has 0 saturated heterocycles. The number of halogens is 3. The molecule has 3 heteroatoms. The fourth-order valence-electron chi connectivity index (χ4n) is 2.95. The maximum atomic E-state index is 13.2. The quantitative estimate of drug-likeness (QED) is 0.510. The Labute approximate surface area is 112 Å². The second-order valence-corrected chi connectivity index (χ2v) is 5.38. The molecule has 2 rings (SSSR count). The van der Waals surface area contributed by atoms with Gasteiger partial charge in [-0.1, -0.05) is 6.08 Å². The highest BCUT2D eigenvalue weighted by Gasteiger charge is 2.23. The van der Waals surface area contributed by atoms with Crippen molar-refractivity contribution in [1.29, 1.82) is 0 Å². The molecule has 1 fully saturated rings. The number of hydrogen-bond donors (Lipinski definition) is 0. The monoisotopic (exact) mass is 268 g/mol. The van der Waals surface area contributed by atoms with Gasteiger partial charge in [0.15, 0.2) is 17.5 Å². The van der Waals surface area contributed by atoms with Crippen molar-refractivity contribution >= 4 is 0 Å². The molecule has 0 heterocycles. The van der Waals surface area contributed by atoms with E-state index in [2.05, 4.69) is 6.58 Å². The Bertz CT molecular complexity index is 422. The molecule has 0 radical (unpaired) electrons. The molecule has 1 aliphatic rings. The number of benzene rings is 1. The minimum absolute atomic E-state index is 0.157. The molecule has 1 saturated carbocycles. The van der Waals surface area contributed by atoms with Gasteiger partial charge in [0.05, 0.1) is 0 Å². The van der Waals surface area contributed by atoms with Crippen molar-refractivity contribution in [3.63, 3.8) is 0 Å². The summed E-state index contributed by atoms with van der Waals surface area (Å²) in [6.07, 6.45) is 8.07. The number of hydrogen-bond acceptors (Lipinski definition) is 0. The van der Waals surface area contributed by atoms with E-state index in [9.17, 15) is 13.2 Å². The number of allylic oxidation sites excluding steroid dienone is 1. The van der Waals surface area contributed by atoms with Crippen LogP contribution in [0.1, 0.15) is 50.0 Å². The lowest BCUT2D eigenvalue weighted by Crippen LogP contribution is -2.14. The minimum atomic E-state index is -1.37. The average molecular weight is 268 g/mol. The summed E-state index contributed by atoms with van der Waals surface area (Å²) in [4.78, 5) is 0. The highest BCUT2D eigenvalue weighted by molar-refractivity contribution is 5.23. The van der Waals surface area contributed by atoms with Gasteiger partial charge in [0.1, 0.15) is 0 Å². The zero-order valence-corrected chi connectivity index (χ0v) is 11.0. The molecule has 0 N–H and O–H groups in total. The molecular formula is C16H19F3. The summed E-state index contributed by atoms with van der Waals surface area (Å²) in [7, 11) is 0. The Morgan fingerprint density at radius 2 is 1.63 bits per heavy atom. The third kappa shape index (κ3) is 3.40. The number of rotatable bonds is 4. The third-order valence-electron chi connectivity index (χ3n) is 4.10. The van der Waals surface area contributed by atoms with Gasteiger partial charge in [-0.05, 0) is 68.1 Å². The standard InChI is InChI=1S/C16H19F3/c1-2-3-4-11-5-7-12(8-6-11)13-9-14(17)16(19)15(18)10-13/h2,9-12H,1,3-8H2. The topological polar surface area (TPSA) is 0 Å². The van der Waals surface area contributed by atoms with Crippen LogP contribution in [-0.2, 0) is 0 Å². The lowest BCUT2D eigenvalue weighted by atomic mass is 9.77. The predicted molar refractivity (Wildman–Crippen MR) is 70.4 cm³/mol. The molecule has 0 atom stereocenters. The van der Waals surface area contributed by atoms with Gasteiger partial charge in [0, 0.05) is 0 Å². The second kappa shape index (κ2) is 6.27. The Hall–Kier alpha value is -1.25. The van der Waals surface area contributed by atoms with Crippen molar-refractivity contribution in [2.45, 2.75) is 44.4 Å². The van der Waals surface area contributed by atoms with E-state index < -0.39 is 17.5 Å². The van der Waals surface area contributed by atoms with Crippen molar-refractivity contribution in [1.82, 2.24) is 0 Å². The van der Waals surface area contributed by atoms with Crippen molar-refractivity contribution in [2.75, 3.05) is 0 Å². The average Bonchev–Trinajstić information content (AvgIpc) is 2.42. The molecule has 0 spiro atoms. The fourth-order valence-corrected chi connectivity index (χ4v) is 2.95. The van der Waals surface area contributed by atoms with Gasteiger partial charge in [0.2, 0.25) is 0 Å². The van der Waals surface area contributed by atoms with Crippen LogP contribution in [-0.4, -0.2) is 0 Å². The van der Waals surface area contributed by atoms with Crippen LogP contribution in [0.4, 0.5) is 13.2 Å². The summed E-state index contributed by atoms with van der Waals surface area (Å²) < 4.78 is 39.3. The van der Waals surface area contributed by atoms with Crippen molar-refractivity contribution in [3.8, 4) is 0 Å². The van der Waals surface area contributed by atoms with E-state index in [1.165, 1.54) is 0 Å². The maximum Gasteiger partial charge on any atom is 0.194 e. The normalized spacial score (nSPS) is 23.3. The van der Waals surface area contributed by atoms with Gasteiger partial charge in [-0.2, -0.15) is 0 Å². The van der Waals surface area contributed by atoms with E-state index in [0.717, 1.165) is 50.7 Å². The molecule has 1 aromatic carbocycles. The third-order valence-corrected chi connectivity index (χ3v) is 4.10. The van der Waals surface area contributed by atoms with Crippen molar-refractivity contribution in [2.24, 2.45) is 5.92 Å². The molecule has 0 unspecified atom stereocenters. The van der Waals surface area contributed by atoms with Gasteiger partial charge in [-0.3, -0.25) is 0 Å². The summed E-state index contributed by atoms with van der Waals surface area (Å²) in [5.41, 5.74) is 0.596. The molecule has 0 aliphatic heterocycles. The van der Waals surface area contributed by atoms with E-state index in [-0.39, 0.29) is 5.92 Å². The van der Waals surface area contributed by atoms with Crippen LogP contribution in [0.15, 0.2) is 24.8 Å². The summed E-state index contributed by atoms with van der Waals surface area (Å²) >= 11 is 0. The Morgan fingerprint density at radius 1 is 1.05 bits per heavy atom. The van der Waals surface area contributed by atoms with E-state index in [1.54, 1.807) is 0 Å². The van der Waals surface area contributed by atoms with Gasteiger partial charge in [-0.15, -0.1) is 6.58 Å². The van der Waals surface area contributed by atoms with Gasteiger partial charge in [0.25, 0.3) is 0 Å². The summed E-state index contributed by atoms with van der Waals surface area (Å²) in [6, 6.07) is 2.29. The Kier molecular flexibility index (Phi) is 4.67. The van der Waals surface area contributed by atoms with E-state index >= 15 is 0 Å². The summed E-state index contributed by atoms with van der Waals surface area (Å²) in [5.74, 6) is -2.69. The van der Waals surface area contributed by atoms with Crippen LogP contribution in [0.5, 0.6) is 0 Å². The van der Waals surface area contributed by atoms with Crippen LogP contribution in [0.3, 0.4) is 0 Å². The highest BCUT2D eigenvalue weighted by Crippen LogP contribution is 2.38. The highest BCUT2D eigenvalue weighted by atomic mass is 19.2. The minimum Gasteiger partial charge on any atom is -0.204 e. The van der Waals surface area contributed by atoms with Crippen molar-refractivity contribution < 1.29 is 13.2 Å². The van der Waals surface area contributed by atoms with Gasteiger partial charge < -0.3 is 0 Å². The van der Waals surface area contributed by atoms with Gasteiger partial charge in [-0.25, -0.2) is 13.2 Å². The van der Waals surface area contributed by atoms with Crippen LogP contribution < -0.4 is 0 Å². The summed E-state index contributed by atoms with van der Waals surface area (Å²) in [5, 5.41) is 0. The maximum absolute atomic E-state index is 13.2. The molecule has 0 aromatic heterocycles. The zero-order valence-electron chi connectivity index (χ0n) is 11.0. The fraction of sp³-hybridized carbons (Fsp3) is 0.500. The lowest BCUT2D eigenvalue weighted by molar-refractivity contribution is 0.310. The first kappa shape index (κ1) is 14.2. The lowest BCUT2D eigenvalue weighted by Gasteiger charge is -2.28. The van der Waals surface area contributed by atoms with Crippen LogP contribution >= 0.6 is 0 Å². The SMILES string of the molecule is C=CCCC1CCC(c2cc(F)c(F)c(F)c2)CC1. The van der Waals surface area contributed by atoms with E-state index in [1.807, 2.05) is 6.08 Å². The zero-order chi connectivity index (χ0) is 13.8. The first-order chi connectivity index (χ1) is 9.11. The van der Waals surface area contributed by atoms with Crippen LogP contribution in [0.25, 0.3) is 0 Å². The molecule has 0 nitrogen and oxygen atoms in total. The summed E-state index contributed by atoms with van der Waals surface area (Å²) in [6.45, 7) is 3.72. The molecule has 0 bridgehead atoms. The van der Waals surface area contributed by atoms with E-state index in [4.69, 9.17) is 0 Å². The Morgan fingerprint density at radius 3 is 2.16 bits per heavy atom. The molecule has 1 aromatic rings. The smallest absolute Gasteiger partial charge is 0.194 e. The molecule has 104 valence electrons. The first-order valence-corrected chi connectivity index (χ1v) is 6.87. The van der Waals surface area contributed by atoms with E-state index in [0.29, 0.717) is 11.5 Å². The molecule has 0 amide bonds. The largest absolute Gasteiger partial charge is 0.204 e. The van der Waals surface area contributed by atoms with Crippen LogP contribution in [0.2, 0.25) is 0 Å². The van der Waals surface area contributed by atoms with Gasteiger partial charge >= 0.3 is 0 Å². The molecular weight excluding hydrogens is 249 g/mol. The van der Waals surface area contributed by atoms with Crippen LogP contribution in [0, 0.1) is 23.4 Å². The Balaban J connectivity index is 1.99. The first-order valence-electron chi connectivity index (χ1n) is 6.87.